The number of carboxylic acids is 1. The molecule has 0 fully saturated rings. The molecule has 0 spiro atoms. The molecule has 0 unspecified atom stereocenters. The molecule has 0 bridgehead atoms. The maximum atomic E-state index is 11.8. The lowest BCUT2D eigenvalue weighted by atomic mass is 10.0. The van der Waals surface area contributed by atoms with E-state index in [4.69, 9.17) is 5.11 Å². The standard InChI is InChI=1S/C14H14N2O3S/c1-9-7-16-13(20-9)8-15-12(17)6-10-4-2-3-5-11(10)14(18)19/h2-5,7H,6,8H2,1H3,(H,15,17)(H,18,19). The molecule has 20 heavy (non-hydrogen) atoms. The molecule has 6 heteroatoms. The number of amides is 1. The van der Waals surface area contributed by atoms with Crippen molar-refractivity contribution >= 4 is 23.2 Å². The van der Waals surface area contributed by atoms with Gasteiger partial charge in [0.25, 0.3) is 0 Å². The molecule has 104 valence electrons. The van der Waals surface area contributed by atoms with Crippen LogP contribution in [0.3, 0.4) is 0 Å². The molecule has 0 aliphatic carbocycles. The first kappa shape index (κ1) is 14.2. The summed E-state index contributed by atoms with van der Waals surface area (Å²) in [6.45, 7) is 2.32. The van der Waals surface area contributed by atoms with Gasteiger partial charge in [-0.15, -0.1) is 11.3 Å². The number of carboxylic acid groups (broad SMARTS) is 1. The highest BCUT2D eigenvalue weighted by Gasteiger charge is 2.12. The lowest BCUT2D eigenvalue weighted by Gasteiger charge is -2.06. The number of carbonyl (C=O) groups is 2. The van der Waals surface area contributed by atoms with E-state index >= 15 is 0 Å². The van der Waals surface area contributed by atoms with Crippen molar-refractivity contribution in [2.75, 3.05) is 0 Å². The lowest BCUT2D eigenvalue weighted by molar-refractivity contribution is -0.120. The van der Waals surface area contributed by atoms with Crippen LogP contribution in [-0.4, -0.2) is 22.0 Å². The summed E-state index contributed by atoms with van der Waals surface area (Å²) in [6, 6.07) is 6.51. The summed E-state index contributed by atoms with van der Waals surface area (Å²) < 4.78 is 0. The fourth-order valence-corrected chi connectivity index (χ4v) is 2.50. The average Bonchev–Trinajstić information content (AvgIpc) is 2.83. The normalized spacial score (nSPS) is 10.2. The summed E-state index contributed by atoms with van der Waals surface area (Å²) in [6.07, 6.45) is 1.80. The number of benzene rings is 1. The van der Waals surface area contributed by atoms with Crippen molar-refractivity contribution in [1.82, 2.24) is 10.3 Å². The molecule has 0 aliphatic rings. The van der Waals surface area contributed by atoms with Crippen LogP contribution in [0.2, 0.25) is 0 Å². The Bertz CT molecular complexity index is 637. The number of hydrogen-bond donors (Lipinski definition) is 2. The Morgan fingerprint density at radius 3 is 2.75 bits per heavy atom. The van der Waals surface area contributed by atoms with E-state index in [1.165, 1.54) is 17.4 Å². The molecule has 0 saturated carbocycles. The number of aromatic nitrogens is 1. The molecule has 1 aromatic carbocycles. The van der Waals surface area contributed by atoms with E-state index in [1.807, 2.05) is 6.92 Å². The number of thiazole rings is 1. The van der Waals surface area contributed by atoms with Crippen molar-refractivity contribution in [3.63, 3.8) is 0 Å². The Balaban J connectivity index is 1.96. The van der Waals surface area contributed by atoms with Gasteiger partial charge in [0, 0.05) is 11.1 Å². The smallest absolute Gasteiger partial charge is 0.335 e. The molecule has 1 amide bonds. The van der Waals surface area contributed by atoms with Crippen LogP contribution in [0.15, 0.2) is 30.5 Å². The van der Waals surface area contributed by atoms with E-state index in [0.717, 1.165) is 9.88 Å². The van der Waals surface area contributed by atoms with E-state index in [0.29, 0.717) is 12.1 Å². The Morgan fingerprint density at radius 1 is 1.35 bits per heavy atom. The monoisotopic (exact) mass is 290 g/mol. The second-order valence-corrected chi connectivity index (χ2v) is 5.60. The van der Waals surface area contributed by atoms with Crippen LogP contribution >= 0.6 is 11.3 Å². The maximum Gasteiger partial charge on any atom is 0.335 e. The number of aromatic carboxylic acids is 1. The van der Waals surface area contributed by atoms with Gasteiger partial charge in [0.1, 0.15) is 5.01 Å². The van der Waals surface area contributed by atoms with Crippen LogP contribution in [0.4, 0.5) is 0 Å². The van der Waals surface area contributed by atoms with Crippen molar-refractivity contribution < 1.29 is 14.7 Å². The molecule has 0 saturated heterocycles. The Labute approximate surface area is 120 Å². The molecule has 0 aliphatic heterocycles. The fraction of sp³-hybridized carbons (Fsp3) is 0.214. The number of rotatable bonds is 5. The predicted molar refractivity (Wildman–Crippen MR) is 75.8 cm³/mol. The van der Waals surface area contributed by atoms with E-state index in [1.54, 1.807) is 24.4 Å². The van der Waals surface area contributed by atoms with E-state index < -0.39 is 5.97 Å². The van der Waals surface area contributed by atoms with Gasteiger partial charge in [0.05, 0.1) is 18.5 Å². The minimum absolute atomic E-state index is 0.0484. The quantitative estimate of drug-likeness (QED) is 0.883. The van der Waals surface area contributed by atoms with Gasteiger partial charge in [0.2, 0.25) is 5.91 Å². The number of carbonyl (C=O) groups excluding carboxylic acids is 1. The van der Waals surface area contributed by atoms with Gasteiger partial charge in [-0.05, 0) is 18.6 Å². The van der Waals surface area contributed by atoms with Crippen molar-refractivity contribution in [2.45, 2.75) is 19.9 Å². The Hall–Kier alpha value is -2.21. The van der Waals surface area contributed by atoms with Crippen LogP contribution in [0.1, 0.15) is 25.8 Å². The van der Waals surface area contributed by atoms with Gasteiger partial charge >= 0.3 is 5.97 Å². The third kappa shape index (κ3) is 3.64. The molecule has 0 atom stereocenters. The van der Waals surface area contributed by atoms with Crippen molar-refractivity contribution in [3.8, 4) is 0 Å². The molecule has 0 radical (unpaired) electrons. The van der Waals surface area contributed by atoms with Gasteiger partial charge in [-0.1, -0.05) is 18.2 Å². The Morgan fingerprint density at radius 2 is 2.10 bits per heavy atom. The number of nitrogens with zero attached hydrogens (tertiary/aromatic N) is 1. The largest absolute Gasteiger partial charge is 0.478 e. The molecular formula is C14H14N2O3S. The van der Waals surface area contributed by atoms with Crippen LogP contribution < -0.4 is 5.32 Å². The maximum absolute atomic E-state index is 11.8. The van der Waals surface area contributed by atoms with Gasteiger partial charge in [-0.2, -0.15) is 0 Å². The summed E-state index contributed by atoms with van der Waals surface area (Å²) in [5, 5.41) is 12.6. The predicted octanol–water partition coefficient (Wildman–Crippen LogP) is 2.01. The van der Waals surface area contributed by atoms with E-state index in [2.05, 4.69) is 10.3 Å². The van der Waals surface area contributed by atoms with Gasteiger partial charge < -0.3 is 10.4 Å². The zero-order valence-corrected chi connectivity index (χ0v) is 11.7. The number of nitrogens with one attached hydrogen (secondary N) is 1. The van der Waals surface area contributed by atoms with E-state index in [9.17, 15) is 9.59 Å². The van der Waals surface area contributed by atoms with Gasteiger partial charge in [-0.3, -0.25) is 4.79 Å². The third-order valence-corrected chi connectivity index (χ3v) is 3.62. The first-order chi connectivity index (χ1) is 9.56. The second kappa shape index (κ2) is 6.29. The average molecular weight is 290 g/mol. The molecule has 2 aromatic rings. The Kier molecular flexibility index (Phi) is 4.47. The first-order valence-electron chi connectivity index (χ1n) is 6.05. The SMILES string of the molecule is Cc1cnc(CNC(=O)Cc2ccccc2C(=O)O)s1. The van der Waals surface area contributed by atoms with Crippen LogP contribution in [-0.2, 0) is 17.8 Å². The molecule has 1 heterocycles. The minimum atomic E-state index is -1.02. The van der Waals surface area contributed by atoms with Crippen LogP contribution in [0.25, 0.3) is 0 Å². The molecule has 5 nitrogen and oxygen atoms in total. The first-order valence-corrected chi connectivity index (χ1v) is 6.87. The summed E-state index contributed by atoms with van der Waals surface area (Å²) in [5.74, 6) is -1.24. The zero-order valence-electron chi connectivity index (χ0n) is 10.9. The van der Waals surface area contributed by atoms with Crippen molar-refractivity contribution in [3.05, 3.63) is 51.5 Å². The number of hydrogen-bond acceptors (Lipinski definition) is 4. The molecule has 2 rings (SSSR count). The van der Waals surface area contributed by atoms with Crippen LogP contribution in [0, 0.1) is 6.92 Å². The van der Waals surface area contributed by atoms with E-state index in [-0.39, 0.29) is 17.9 Å². The summed E-state index contributed by atoms with van der Waals surface area (Å²) in [5.41, 5.74) is 0.667. The highest BCUT2D eigenvalue weighted by Crippen LogP contribution is 2.12. The molecular weight excluding hydrogens is 276 g/mol. The minimum Gasteiger partial charge on any atom is -0.478 e. The summed E-state index contributed by atoms with van der Waals surface area (Å²) in [7, 11) is 0. The summed E-state index contributed by atoms with van der Waals surface area (Å²) in [4.78, 5) is 28.1. The topological polar surface area (TPSA) is 79.3 Å². The van der Waals surface area contributed by atoms with Gasteiger partial charge in [-0.25, -0.2) is 9.78 Å². The molecule has 2 N–H and O–H groups in total. The molecule has 1 aromatic heterocycles. The summed E-state index contributed by atoms with van der Waals surface area (Å²) >= 11 is 1.52. The van der Waals surface area contributed by atoms with Crippen molar-refractivity contribution in [1.29, 1.82) is 0 Å². The van der Waals surface area contributed by atoms with Gasteiger partial charge in [0.15, 0.2) is 0 Å². The number of aryl methyl sites for hydroxylation is 1. The fourth-order valence-electron chi connectivity index (χ4n) is 1.78. The third-order valence-electron chi connectivity index (χ3n) is 2.70. The van der Waals surface area contributed by atoms with Crippen LogP contribution in [0.5, 0.6) is 0 Å². The highest BCUT2D eigenvalue weighted by molar-refractivity contribution is 7.11. The van der Waals surface area contributed by atoms with Crippen molar-refractivity contribution in [2.24, 2.45) is 0 Å². The second-order valence-electron chi connectivity index (χ2n) is 4.28. The zero-order chi connectivity index (χ0) is 14.5. The highest BCUT2D eigenvalue weighted by atomic mass is 32.1. The lowest BCUT2D eigenvalue weighted by Crippen LogP contribution is -2.25.